The molecule has 2 rings (SSSR count). The van der Waals surface area contributed by atoms with Gasteiger partial charge in [0, 0.05) is 5.54 Å². The van der Waals surface area contributed by atoms with E-state index in [0.29, 0.717) is 5.92 Å². The average Bonchev–Trinajstić information content (AvgIpc) is 2.42. The first-order valence-electron chi connectivity index (χ1n) is 6.90. The lowest BCUT2D eigenvalue weighted by atomic mass is 9.79. The lowest BCUT2D eigenvalue weighted by molar-refractivity contribution is 0.296. The number of halogens is 3. The molecule has 3 heteroatoms. The lowest BCUT2D eigenvalue weighted by Gasteiger charge is -2.26. The van der Waals surface area contributed by atoms with Crippen LogP contribution in [-0.4, -0.2) is 0 Å². The Balaban J connectivity index is 1.78. The Hall–Kier alpha value is -0.530. The molecule has 0 spiro atoms. The standard InChI is InChI=1S/C16H19Cl2F/c17-10-9-13-3-1-12(2-4-13)5-6-14-7-8-15(18)16(19)11-14/h7-13H,1-6H2. The van der Waals surface area contributed by atoms with E-state index in [0.717, 1.165) is 24.3 Å². The van der Waals surface area contributed by atoms with Gasteiger partial charge in [-0.05, 0) is 68.1 Å². The molecule has 19 heavy (non-hydrogen) atoms. The van der Waals surface area contributed by atoms with Crippen LogP contribution in [0.1, 0.15) is 37.7 Å². The van der Waals surface area contributed by atoms with Crippen molar-refractivity contribution in [2.24, 2.45) is 11.8 Å². The molecule has 0 aliphatic heterocycles. The number of hydrogen-bond acceptors (Lipinski definition) is 0. The van der Waals surface area contributed by atoms with E-state index in [9.17, 15) is 4.39 Å². The summed E-state index contributed by atoms with van der Waals surface area (Å²) < 4.78 is 13.3. The van der Waals surface area contributed by atoms with Crippen LogP contribution in [0.25, 0.3) is 0 Å². The van der Waals surface area contributed by atoms with Crippen molar-refractivity contribution < 1.29 is 4.39 Å². The molecule has 0 saturated heterocycles. The quantitative estimate of drug-likeness (QED) is 0.642. The van der Waals surface area contributed by atoms with E-state index in [1.807, 2.05) is 6.07 Å². The molecule has 1 aromatic carbocycles. The van der Waals surface area contributed by atoms with Gasteiger partial charge in [0.25, 0.3) is 0 Å². The van der Waals surface area contributed by atoms with Crippen molar-refractivity contribution in [3.8, 4) is 0 Å². The highest BCUT2D eigenvalue weighted by molar-refractivity contribution is 6.30. The van der Waals surface area contributed by atoms with Gasteiger partial charge in [-0.25, -0.2) is 4.39 Å². The van der Waals surface area contributed by atoms with Crippen LogP contribution in [-0.2, 0) is 6.42 Å². The minimum atomic E-state index is -0.310. The largest absolute Gasteiger partial charge is 0.205 e. The Morgan fingerprint density at radius 1 is 1.21 bits per heavy atom. The third-order valence-corrected chi connectivity index (χ3v) is 4.51. The highest BCUT2D eigenvalue weighted by atomic mass is 35.5. The summed E-state index contributed by atoms with van der Waals surface area (Å²) >= 11 is 11.3. The van der Waals surface area contributed by atoms with Crippen LogP contribution in [0.5, 0.6) is 0 Å². The molecule has 0 amide bonds. The van der Waals surface area contributed by atoms with Crippen LogP contribution in [0.15, 0.2) is 29.8 Å². The summed E-state index contributed by atoms with van der Waals surface area (Å²) in [5, 5.41) is 0.206. The smallest absolute Gasteiger partial charge is 0.142 e. The van der Waals surface area contributed by atoms with E-state index in [1.165, 1.54) is 25.7 Å². The maximum Gasteiger partial charge on any atom is 0.142 e. The molecule has 1 fully saturated rings. The van der Waals surface area contributed by atoms with Gasteiger partial charge in [0.2, 0.25) is 0 Å². The number of rotatable bonds is 4. The fourth-order valence-electron chi connectivity index (χ4n) is 2.84. The van der Waals surface area contributed by atoms with Crippen LogP contribution >= 0.6 is 23.2 Å². The first-order valence-corrected chi connectivity index (χ1v) is 7.71. The molecule has 0 N–H and O–H groups in total. The molecule has 0 heterocycles. The van der Waals surface area contributed by atoms with E-state index in [1.54, 1.807) is 17.7 Å². The van der Waals surface area contributed by atoms with Gasteiger partial charge >= 0.3 is 0 Å². The number of hydrogen-bond donors (Lipinski definition) is 0. The first-order chi connectivity index (χ1) is 9.19. The summed E-state index contributed by atoms with van der Waals surface area (Å²) in [5.41, 5.74) is 2.69. The normalized spacial score (nSPS) is 23.9. The molecule has 0 bridgehead atoms. The van der Waals surface area contributed by atoms with Gasteiger partial charge < -0.3 is 0 Å². The second kappa shape index (κ2) is 7.31. The molecule has 104 valence electrons. The zero-order valence-electron chi connectivity index (χ0n) is 10.9. The first kappa shape index (κ1) is 14.9. The minimum Gasteiger partial charge on any atom is -0.205 e. The highest BCUT2D eigenvalue weighted by Gasteiger charge is 2.19. The predicted molar refractivity (Wildman–Crippen MR) is 80.2 cm³/mol. The Morgan fingerprint density at radius 3 is 2.58 bits per heavy atom. The number of allylic oxidation sites excluding steroid dienone is 1. The summed E-state index contributed by atoms with van der Waals surface area (Å²) in [5.74, 6) is 1.11. The van der Waals surface area contributed by atoms with Crippen molar-refractivity contribution >= 4 is 23.2 Å². The Labute approximate surface area is 124 Å². The molecule has 0 atom stereocenters. The Morgan fingerprint density at radius 2 is 1.95 bits per heavy atom. The average molecular weight is 301 g/mol. The molecule has 0 aromatic heterocycles. The molecular weight excluding hydrogens is 282 g/mol. The van der Waals surface area contributed by atoms with Gasteiger partial charge in [0.05, 0.1) is 5.02 Å². The second-order valence-corrected chi connectivity index (χ2v) is 6.05. The van der Waals surface area contributed by atoms with Gasteiger partial charge in [-0.2, -0.15) is 0 Å². The van der Waals surface area contributed by atoms with Gasteiger partial charge in [0.15, 0.2) is 0 Å². The van der Waals surface area contributed by atoms with Crippen LogP contribution < -0.4 is 0 Å². The van der Waals surface area contributed by atoms with Crippen molar-refractivity contribution in [1.82, 2.24) is 0 Å². The summed E-state index contributed by atoms with van der Waals surface area (Å²) in [4.78, 5) is 0. The molecule has 1 aliphatic carbocycles. The number of benzene rings is 1. The fourth-order valence-corrected chi connectivity index (χ4v) is 3.16. The third-order valence-electron chi connectivity index (χ3n) is 4.06. The van der Waals surface area contributed by atoms with E-state index in [4.69, 9.17) is 23.2 Å². The topological polar surface area (TPSA) is 0 Å². The second-order valence-electron chi connectivity index (χ2n) is 5.39. The van der Waals surface area contributed by atoms with Crippen LogP contribution in [0.4, 0.5) is 4.39 Å². The molecular formula is C16H19Cl2F. The maximum absolute atomic E-state index is 13.3. The van der Waals surface area contributed by atoms with Crippen LogP contribution in [0.2, 0.25) is 5.02 Å². The zero-order chi connectivity index (χ0) is 13.7. The minimum absolute atomic E-state index is 0.206. The van der Waals surface area contributed by atoms with Gasteiger partial charge in [0.1, 0.15) is 5.82 Å². The van der Waals surface area contributed by atoms with Gasteiger partial charge in [-0.1, -0.05) is 35.3 Å². The highest BCUT2D eigenvalue weighted by Crippen LogP contribution is 2.32. The molecule has 0 radical (unpaired) electrons. The van der Waals surface area contributed by atoms with Gasteiger partial charge in [-0.15, -0.1) is 0 Å². The summed E-state index contributed by atoms with van der Waals surface area (Å²) in [6, 6.07) is 5.13. The van der Waals surface area contributed by atoms with Crippen molar-refractivity contribution in [2.75, 3.05) is 0 Å². The van der Waals surface area contributed by atoms with E-state index in [2.05, 4.69) is 6.08 Å². The Bertz CT molecular complexity index is 434. The SMILES string of the molecule is Fc1cc(CCC2CCC(C=CCl)CC2)ccc1Cl. The van der Waals surface area contributed by atoms with Crippen LogP contribution in [0, 0.1) is 17.7 Å². The molecule has 1 aliphatic rings. The third kappa shape index (κ3) is 4.50. The molecule has 1 aromatic rings. The van der Waals surface area contributed by atoms with Crippen LogP contribution in [0.3, 0.4) is 0 Å². The van der Waals surface area contributed by atoms with Crippen molar-refractivity contribution in [3.63, 3.8) is 0 Å². The predicted octanol–water partition coefficient (Wildman–Crippen LogP) is 5.97. The molecule has 0 unspecified atom stereocenters. The maximum atomic E-state index is 13.3. The summed E-state index contributed by atoms with van der Waals surface area (Å²) in [6.07, 6.45) is 9.13. The van der Waals surface area contributed by atoms with Gasteiger partial charge in [-0.3, -0.25) is 0 Å². The summed E-state index contributed by atoms with van der Waals surface area (Å²) in [6.45, 7) is 0. The number of aryl methyl sites for hydroxylation is 1. The van der Waals surface area contributed by atoms with Crippen molar-refractivity contribution in [1.29, 1.82) is 0 Å². The molecule has 0 nitrogen and oxygen atoms in total. The monoisotopic (exact) mass is 300 g/mol. The Kier molecular flexibility index (Phi) is 5.72. The zero-order valence-corrected chi connectivity index (χ0v) is 12.4. The van der Waals surface area contributed by atoms with E-state index in [-0.39, 0.29) is 10.8 Å². The summed E-state index contributed by atoms with van der Waals surface area (Å²) in [7, 11) is 0. The van der Waals surface area contributed by atoms with E-state index < -0.39 is 0 Å². The molecule has 1 saturated carbocycles. The van der Waals surface area contributed by atoms with Crippen molar-refractivity contribution in [3.05, 3.63) is 46.2 Å². The fraction of sp³-hybridized carbons (Fsp3) is 0.500. The lowest BCUT2D eigenvalue weighted by Crippen LogP contribution is -2.13. The van der Waals surface area contributed by atoms with Crippen molar-refractivity contribution in [2.45, 2.75) is 38.5 Å². The van der Waals surface area contributed by atoms with E-state index >= 15 is 0 Å².